The summed E-state index contributed by atoms with van der Waals surface area (Å²) in [6.45, 7) is 0. The van der Waals surface area contributed by atoms with Gasteiger partial charge in [0.05, 0.1) is 5.69 Å². The number of hydrogen-bond acceptors (Lipinski definition) is 2. The quantitative estimate of drug-likeness (QED) is 0.761. The van der Waals surface area contributed by atoms with Crippen LogP contribution in [0.5, 0.6) is 0 Å². The van der Waals surface area contributed by atoms with Gasteiger partial charge in [-0.2, -0.15) is 0 Å². The minimum atomic E-state index is -0.913. The maximum atomic E-state index is 11.1. The van der Waals surface area contributed by atoms with Crippen molar-refractivity contribution in [2.45, 2.75) is 31.6 Å². The van der Waals surface area contributed by atoms with Crippen LogP contribution < -0.4 is 0 Å². The van der Waals surface area contributed by atoms with Gasteiger partial charge in [0, 0.05) is 13.0 Å². The van der Waals surface area contributed by atoms with E-state index in [1.165, 1.54) is 12.8 Å². The van der Waals surface area contributed by atoms with Crippen LogP contribution in [-0.4, -0.2) is 20.6 Å². The highest BCUT2D eigenvalue weighted by atomic mass is 32.1. The Kier molecular flexibility index (Phi) is 2.65. The molecule has 0 atom stereocenters. The van der Waals surface area contributed by atoms with Gasteiger partial charge >= 0.3 is 5.97 Å². The zero-order valence-corrected chi connectivity index (χ0v) is 9.43. The lowest BCUT2D eigenvalue weighted by atomic mass is 10.0. The summed E-state index contributed by atoms with van der Waals surface area (Å²) in [4.78, 5) is 13.8. The summed E-state index contributed by atoms with van der Waals surface area (Å²) in [5, 5.41) is 9.07. The van der Waals surface area contributed by atoms with Gasteiger partial charge in [-0.3, -0.25) is 0 Å². The van der Waals surface area contributed by atoms with Crippen molar-refractivity contribution in [1.29, 1.82) is 0 Å². The maximum absolute atomic E-state index is 11.1. The molecule has 0 amide bonds. The number of carbonyl (C=O) groups is 1. The second-order valence-electron chi connectivity index (χ2n) is 4.04. The second kappa shape index (κ2) is 3.81. The predicted molar refractivity (Wildman–Crippen MR) is 58.8 cm³/mol. The van der Waals surface area contributed by atoms with Crippen molar-refractivity contribution in [2.24, 2.45) is 7.05 Å². The van der Waals surface area contributed by atoms with Crippen molar-refractivity contribution in [2.75, 3.05) is 0 Å². The second-order valence-corrected chi connectivity index (χ2v) is 4.42. The van der Waals surface area contributed by atoms with E-state index in [4.69, 9.17) is 17.3 Å². The topological polar surface area (TPSA) is 58.0 Å². The first kappa shape index (κ1) is 10.4. The molecule has 2 rings (SSSR count). The first-order chi connectivity index (χ1) is 7.11. The van der Waals surface area contributed by atoms with Crippen molar-refractivity contribution < 1.29 is 9.90 Å². The van der Waals surface area contributed by atoms with E-state index in [1.54, 1.807) is 4.57 Å². The standard InChI is InChI=1S/C10H14N2O2S/c1-12-8(6-4-2-3-5-6)7(9(13)14)11-10(12)15/h6H,2-5H2,1H3,(H,11,15)(H,13,14). The first-order valence-electron chi connectivity index (χ1n) is 5.13. The minimum absolute atomic E-state index is 0.273. The van der Waals surface area contributed by atoms with Crippen LogP contribution in [0.2, 0.25) is 0 Å². The van der Waals surface area contributed by atoms with Crippen LogP contribution in [0.3, 0.4) is 0 Å². The number of rotatable bonds is 2. The molecular formula is C10H14N2O2S. The number of nitrogens with one attached hydrogen (secondary N) is 1. The number of carboxylic acid groups (broad SMARTS) is 1. The number of H-pyrrole nitrogens is 1. The summed E-state index contributed by atoms with van der Waals surface area (Å²) in [7, 11) is 1.83. The smallest absolute Gasteiger partial charge is 0.354 e. The molecule has 82 valence electrons. The lowest BCUT2D eigenvalue weighted by Crippen LogP contribution is -2.08. The molecule has 1 heterocycles. The molecule has 0 saturated heterocycles. The Morgan fingerprint density at radius 3 is 2.67 bits per heavy atom. The molecule has 2 N–H and O–H groups in total. The lowest BCUT2D eigenvalue weighted by Gasteiger charge is -2.10. The molecule has 0 spiro atoms. The fraction of sp³-hybridized carbons (Fsp3) is 0.600. The molecule has 0 bridgehead atoms. The third-order valence-corrected chi connectivity index (χ3v) is 3.49. The van der Waals surface area contributed by atoms with Gasteiger partial charge in [-0.25, -0.2) is 4.79 Å². The molecule has 0 aromatic carbocycles. The summed E-state index contributed by atoms with van der Waals surface area (Å²) >= 11 is 5.06. The highest BCUT2D eigenvalue weighted by Gasteiger charge is 2.26. The van der Waals surface area contributed by atoms with E-state index in [2.05, 4.69) is 4.98 Å². The number of nitrogens with zero attached hydrogens (tertiary/aromatic N) is 1. The van der Waals surface area contributed by atoms with Crippen LogP contribution in [0.4, 0.5) is 0 Å². The molecule has 1 aliphatic rings. The number of hydrogen-bond donors (Lipinski definition) is 2. The van der Waals surface area contributed by atoms with Gasteiger partial charge < -0.3 is 14.7 Å². The maximum Gasteiger partial charge on any atom is 0.354 e. The number of imidazole rings is 1. The zero-order chi connectivity index (χ0) is 11.0. The Morgan fingerprint density at radius 2 is 2.13 bits per heavy atom. The predicted octanol–water partition coefficient (Wildman–Crippen LogP) is 2.44. The summed E-state index contributed by atoms with van der Waals surface area (Å²) < 4.78 is 2.30. The Labute approximate surface area is 92.9 Å². The fourth-order valence-electron chi connectivity index (χ4n) is 2.37. The molecule has 1 saturated carbocycles. The highest BCUT2D eigenvalue weighted by molar-refractivity contribution is 7.71. The monoisotopic (exact) mass is 226 g/mol. The van der Waals surface area contributed by atoms with E-state index in [9.17, 15) is 4.79 Å². The van der Waals surface area contributed by atoms with Crippen molar-refractivity contribution in [3.05, 3.63) is 16.2 Å². The fourth-order valence-corrected chi connectivity index (χ4v) is 2.57. The van der Waals surface area contributed by atoms with Gasteiger partial charge in [0.15, 0.2) is 4.77 Å². The summed E-state index contributed by atoms with van der Waals surface area (Å²) in [6.07, 6.45) is 4.50. The number of aromatic carboxylic acids is 1. The average molecular weight is 226 g/mol. The van der Waals surface area contributed by atoms with Crippen LogP contribution in [0, 0.1) is 4.77 Å². The van der Waals surface area contributed by atoms with Gasteiger partial charge in [0.2, 0.25) is 0 Å². The summed E-state index contributed by atoms with van der Waals surface area (Å²) in [5.41, 5.74) is 1.14. The van der Waals surface area contributed by atoms with Crippen LogP contribution >= 0.6 is 12.2 Å². The third-order valence-electron chi connectivity index (χ3n) is 3.11. The van der Waals surface area contributed by atoms with Gasteiger partial charge in [-0.15, -0.1) is 0 Å². The molecule has 1 aromatic heterocycles. The third kappa shape index (κ3) is 1.71. The first-order valence-corrected chi connectivity index (χ1v) is 5.54. The van der Waals surface area contributed by atoms with Crippen LogP contribution in [-0.2, 0) is 7.05 Å². The van der Waals surface area contributed by atoms with Crippen molar-refractivity contribution in [3.63, 3.8) is 0 Å². The summed E-state index contributed by atoms with van der Waals surface area (Å²) in [5.74, 6) is -0.558. The molecule has 15 heavy (non-hydrogen) atoms. The molecular weight excluding hydrogens is 212 g/mol. The number of aromatic nitrogens is 2. The number of aromatic amines is 1. The molecule has 5 heteroatoms. The molecule has 1 aromatic rings. The Morgan fingerprint density at radius 1 is 1.53 bits per heavy atom. The highest BCUT2D eigenvalue weighted by Crippen LogP contribution is 2.35. The zero-order valence-electron chi connectivity index (χ0n) is 8.62. The molecule has 0 radical (unpaired) electrons. The normalized spacial score (nSPS) is 17.1. The molecule has 1 aliphatic carbocycles. The van der Waals surface area contributed by atoms with Crippen LogP contribution in [0.15, 0.2) is 0 Å². The Bertz CT molecular complexity index is 441. The van der Waals surface area contributed by atoms with Gasteiger partial charge in [0.25, 0.3) is 0 Å². The SMILES string of the molecule is Cn1c(C2CCCC2)c(C(=O)O)[nH]c1=S. The average Bonchev–Trinajstić information content (AvgIpc) is 2.76. The number of carboxylic acids is 1. The molecule has 0 unspecified atom stereocenters. The van der Waals surface area contributed by atoms with Gasteiger partial charge in [-0.05, 0) is 25.1 Å². The Balaban J connectivity index is 2.51. The molecule has 0 aliphatic heterocycles. The van der Waals surface area contributed by atoms with Gasteiger partial charge in [0.1, 0.15) is 5.69 Å². The van der Waals surface area contributed by atoms with E-state index in [0.29, 0.717) is 10.7 Å². The van der Waals surface area contributed by atoms with Crippen molar-refractivity contribution in [1.82, 2.24) is 9.55 Å². The lowest BCUT2D eigenvalue weighted by molar-refractivity contribution is 0.0689. The van der Waals surface area contributed by atoms with Crippen LogP contribution in [0.25, 0.3) is 0 Å². The van der Waals surface area contributed by atoms with Crippen molar-refractivity contribution >= 4 is 18.2 Å². The van der Waals surface area contributed by atoms with Gasteiger partial charge in [-0.1, -0.05) is 12.8 Å². The molecule has 4 nitrogen and oxygen atoms in total. The molecule has 1 fully saturated rings. The van der Waals surface area contributed by atoms with E-state index >= 15 is 0 Å². The van der Waals surface area contributed by atoms with Crippen molar-refractivity contribution in [3.8, 4) is 0 Å². The largest absolute Gasteiger partial charge is 0.477 e. The van der Waals surface area contributed by atoms with E-state index in [1.807, 2.05) is 7.05 Å². The van der Waals surface area contributed by atoms with E-state index in [-0.39, 0.29) is 5.69 Å². The Hall–Kier alpha value is -1.10. The van der Waals surface area contributed by atoms with E-state index in [0.717, 1.165) is 18.5 Å². The van der Waals surface area contributed by atoms with E-state index < -0.39 is 5.97 Å². The summed E-state index contributed by atoms with van der Waals surface area (Å²) in [6, 6.07) is 0. The van der Waals surface area contributed by atoms with Crippen LogP contribution in [0.1, 0.15) is 47.8 Å². The minimum Gasteiger partial charge on any atom is -0.477 e.